The molecular formula is C20H16F3N7O2. The molecule has 5 rings (SSSR count). The van der Waals surface area contributed by atoms with Gasteiger partial charge >= 0.3 is 6.18 Å². The molecule has 1 unspecified atom stereocenters. The van der Waals surface area contributed by atoms with Crippen LogP contribution in [0.5, 0.6) is 0 Å². The predicted octanol–water partition coefficient (Wildman–Crippen LogP) is 2.62. The Bertz CT molecular complexity index is 1370. The predicted molar refractivity (Wildman–Crippen MR) is 106 cm³/mol. The Balaban J connectivity index is 1.50. The number of anilines is 1. The van der Waals surface area contributed by atoms with E-state index in [1.807, 2.05) is 0 Å². The second kappa shape index (κ2) is 7.12. The van der Waals surface area contributed by atoms with Gasteiger partial charge in [-0.05, 0) is 24.3 Å². The first-order chi connectivity index (χ1) is 15.2. The average molecular weight is 443 g/mol. The number of aromatic nitrogens is 5. The lowest BCUT2D eigenvalue weighted by atomic mass is 10.0. The van der Waals surface area contributed by atoms with Crippen LogP contribution in [0.3, 0.4) is 0 Å². The van der Waals surface area contributed by atoms with Crippen molar-refractivity contribution in [1.29, 1.82) is 0 Å². The first-order valence-corrected chi connectivity index (χ1v) is 9.55. The molecule has 3 aromatic heterocycles. The van der Waals surface area contributed by atoms with Gasteiger partial charge in [-0.15, -0.1) is 5.10 Å². The van der Waals surface area contributed by atoms with Crippen molar-refractivity contribution in [2.24, 2.45) is 0 Å². The highest BCUT2D eigenvalue weighted by Gasteiger charge is 2.35. The second-order valence-corrected chi connectivity index (χ2v) is 7.41. The first kappa shape index (κ1) is 20.1. The second-order valence-electron chi connectivity index (χ2n) is 7.41. The summed E-state index contributed by atoms with van der Waals surface area (Å²) in [5, 5.41) is 7.84. The van der Waals surface area contributed by atoms with Gasteiger partial charge in [-0.1, -0.05) is 11.3 Å². The van der Waals surface area contributed by atoms with Crippen molar-refractivity contribution in [3.05, 3.63) is 59.0 Å². The SMILES string of the molecule is CN(C(=O)c1ccc2nc(N)c3cnnn3c2c1)C1COCc2nc(C(F)(F)F)ccc21. The zero-order valence-corrected chi connectivity index (χ0v) is 16.7. The number of rotatable bonds is 2. The largest absolute Gasteiger partial charge is 0.433 e. The fourth-order valence-electron chi connectivity index (χ4n) is 3.81. The molecule has 2 N–H and O–H groups in total. The molecule has 1 atom stereocenters. The molecule has 1 aliphatic heterocycles. The summed E-state index contributed by atoms with van der Waals surface area (Å²) in [6.07, 6.45) is -3.08. The van der Waals surface area contributed by atoms with Crippen LogP contribution in [0.2, 0.25) is 0 Å². The van der Waals surface area contributed by atoms with Crippen molar-refractivity contribution in [2.75, 3.05) is 19.4 Å². The van der Waals surface area contributed by atoms with Crippen LogP contribution >= 0.6 is 0 Å². The number of fused-ring (bicyclic) bond motifs is 4. The van der Waals surface area contributed by atoms with Gasteiger partial charge in [0, 0.05) is 18.2 Å². The van der Waals surface area contributed by atoms with Gasteiger partial charge in [0.1, 0.15) is 11.2 Å². The van der Waals surface area contributed by atoms with Crippen molar-refractivity contribution in [2.45, 2.75) is 18.8 Å². The lowest BCUT2D eigenvalue weighted by molar-refractivity contribution is -0.141. The number of carbonyl (C=O) groups excluding carboxylic acids is 1. The van der Waals surface area contributed by atoms with Gasteiger partial charge in [0.15, 0.2) is 5.82 Å². The monoisotopic (exact) mass is 443 g/mol. The molecule has 0 aliphatic carbocycles. The topological polar surface area (TPSA) is 112 Å². The standard InChI is InChI=1S/C20H16F3N7O2/c1-29(16-9-32-8-13-11(16)3-5-17(26-13)20(21,22)23)19(31)10-2-4-12-14(6-10)30-15(7-25-28-30)18(24)27-12/h2-7,16H,8-9H2,1H3,(H2,24,27). The van der Waals surface area contributed by atoms with Gasteiger partial charge in [-0.2, -0.15) is 13.2 Å². The van der Waals surface area contributed by atoms with Gasteiger partial charge in [-0.25, -0.2) is 14.5 Å². The molecule has 4 aromatic rings. The van der Waals surface area contributed by atoms with Crippen molar-refractivity contribution >= 4 is 28.3 Å². The Labute approximate surface area is 178 Å². The van der Waals surface area contributed by atoms with E-state index < -0.39 is 17.9 Å². The summed E-state index contributed by atoms with van der Waals surface area (Å²) in [7, 11) is 1.57. The van der Waals surface area contributed by atoms with Crippen LogP contribution in [0.1, 0.15) is 33.4 Å². The third-order valence-electron chi connectivity index (χ3n) is 5.46. The molecule has 0 saturated carbocycles. The number of pyridine rings is 1. The zero-order valence-electron chi connectivity index (χ0n) is 16.7. The molecule has 1 aromatic carbocycles. The summed E-state index contributed by atoms with van der Waals surface area (Å²) in [5.74, 6) is -0.0845. The van der Waals surface area contributed by atoms with Gasteiger partial charge in [0.25, 0.3) is 5.91 Å². The van der Waals surface area contributed by atoms with E-state index in [4.69, 9.17) is 10.5 Å². The van der Waals surface area contributed by atoms with Gasteiger partial charge in [-0.3, -0.25) is 4.79 Å². The highest BCUT2D eigenvalue weighted by atomic mass is 19.4. The Morgan fingerprint density at radius 1 is 1.22 bits per heavy atom. The van der Waals surface area contributed by atoms with E-state index >= 15 is 0 Å². The smallest absolute Gasteiger partial charge is 0.382 e. The number of nitrogens with zero attached hydrogens (tertiary/aromatic N) is 6. The van der Waals surface area contributed by atoms with E-state index in [1.54, 1.807) is 25.2 Å². The molecule has 9 nitrogen and oxygen atoms in total. The summed E-state index contributed by atoms with van der Waals surface area (Å²) in [5.41, 5.74) is 7.54. The minimum absolute atomic E-state index is 0.0505. The molecule has 12 heteroatoms. The van der Waals surface area contributed by atoms with Crippen molar-refractivity contribution in [3.8, 4) is 0 Å². The minimum atomic E-state index is -4.56. The molecule has 1 amide bonds. The van der Waals surface area contributed by atoms with Crippen molar-refractivity contribution < 1.29 is 22.7 Å². The minimum Gasteiger partial charge on any atom is -0.382 e. The van der Waals surface area contributed by atoms with Crippen molar-refractivity contribution in [3.63, 3.8) is 0 Å². The summed E-state index contributed by atoms with van der Waals surface area (Å²) in [4.78, 5) is 22.7. The molecular weight excluding hydrogens is 427 g/mol. The molecule has 0 spiro atoms. The van der Waals surface area contributed by atoms with Crippen LogP contribution in [0.15, 0.2) is 36.5 Å². The number of alkyl halides is 3. The van der Waals surface area contributed by atoms with E-state index in [0.29, 0.717) is 27.7 Å². The first-order valence-electron chi connectivity index (χ1n) is 9.55. The van der Waals surface area contributed by atoms with Crippen LogP contribution in [0, 0.1) is 0 Å². The number of ether oxygens (including phenoxy) is 1. The Morgan fingerprint density at radius 2 is 2.03 bits per heavy atom. The Kier molecular flexibility index (Phi) is 4.48. The number of hydrogen-bond acceptors (Lipinski definition) is 7. The molecule has 4 heterocycles. The molecule has 0 fully saturated rings. The van der Waals surface area contributed by atoms with Gasteiger partial charge in [0.05, 0.1) is 42.2 Å². The number of benzene rings is 1. The number of amides is 1. The third kappa shape index (κ3) is 3.19. The van der Waals surface area contributed by atoms with Crippen LogP contribution in [0.4, 0.5) is 19.0 Å². The number of halogens is 3. The number of nitrogen functional groups attached to an aromatic ring is 1. The zero-order chi connectivity index (χ0) is 22.6. The number of hydrogen-bond donors (Lipinski definition) is 1. The number of nitrogens with two attached hydrogens (primary N) is 1. The van der Waals surface area contributed by atoms with Gasteiger partial charge in [0.2, 0.25) is 0 Å². The molecule has 164 valence electrons. The quantitative estimate of drug-likeness (QED) is 0.507. The summed E-state index contributed by atoms with van der Waals surface area (Å²) in [6, 6.07) is 6.56. The summed E-state index contributed by atoms with van der Waals surface area (Å²) in [6.45, 7) is 0.0897. The lowest BCUT2D eigenvalue weighted by Gasteiger charge is -2.33. The van der Waals surface area contributed by atoms with Crippen LogP contribution in [0.25, 0.3) is 16.6 Å². The van der Waals surface area contributed by atoms with Crippen LogP contribution in [-0.4, -0.2) is 49.3 Å². The lowest BCUT2D eigenvalue weighted by Crippen LogP contribution is -2.36. The third-order valence-corrected chi connectivity index (χ3v) is 5.46. The maximum absolute atomic E-state index is 13.2. The maximum Gasteiger partial charge on any atom is 0.433 e. The van der Waals surface area contributed by atoms with E-state index in [0.717, 1.165) is 6.07 Å². The van der Waals surface area contributed by atoms with Crippen molar-refractivity contribution in [1.82, 2.24) is 29.7 Å². The van der Waals surface area contributed by atoms with E-state index in [-0.39, 0.29) is 30.6 Å². The maximum atomic E-state index is 13.2. The van der Waals surface area contributed by atoms with Crippen LogP contribution < -0.4 is 5.73 Å². The van der Waals surface area contributed by atoms with Gasteiger partial charge < -0.3 is 15.4 Å². The summed E-state index contributed by atoms with van der Waals surface area (Å²) >= 11 is 0. The molecule has 0 radical (unpaired) electrons. The number of carbonyl (C=O) groups is 1. The molecule has 1 aliphatic rings. The van der Waals surface area contributed by atoms with Crippen LogP contribution in [-0.2, 0) is 17.5 Å². The molecule has 0 saturated heterocycles. The van der Waals surface area contributed by atoms with E-state index in [1.165, 1.54) is 21.7 Å². The highest BCUT2D eigenvalue weighted by molar-refractivity contribution is 5.98. The molecule has 0 bridgehead atoms. The summed E-state index contributed by atoms with van der Waals surface area (Å²) < 4.78 is 46.0. The number of likely N-dealkylation sites (N-methyl/N-ethyl adjacent to an activating group) is 1. The fourth-order valence-corrected chi connectivity index (χ4v) is 3.81. The average Bonchev–Trinajstić information content (AvgIpc) is 3.28. The fraction of sp³-hybridized carbons (Fsp3) is 0.250. The highest BCUT2D eigenvalue weighted by Crippen LogP contribution is 2.33. The van der Waals surface area contributed by atoms with E-state index in [9.17, 15) is 18.0 Å². The normalized spacial score (nSPS) is 16.3. The Hall–Kier alpha value is -3.80. The Morgan fingerprint density at radius 3 is 2.81 bits per heavy atom. The molecule has 32 heavy (non-hydrogen) atoms. The van der Waals surface area contributed by atoms with E-state index in [2.05, 4.69) is 20.3 Å².